The van der Waals surface area contributed by atoms with Crippen LogP contribution in [0, 0.1) is 5.92 Å². The maximum Gasteiger partial charge on any atom is 0.227 e. The fourth-order valence-corrected chi connectivity index (χ4v) is 2.50. The van der Waals surface area contributed by atoms with Crippen LogP contribution in [0.15, 0.2) is 22.7 Å². The molecule has 3 nitrogen and oxygen atoms in total. The van der Waals surface area contributed by atoms with Crippen LogP contribution in [0.4, 0.5) is 5.69 Å². The van der Waals surface area contributed by atoms with Crippen LogP contribution < -0.4 is 11.1 Å². The van der Waals surface area contributed by atoms with Crippen molar-refractivity contribution in [3.63, 3.8) is 0 Å². The number of halogens is 2. The third kappa shape index (κ3) is 3.21. The van der Waals surface area contributed by atoms with E-state index in [4.69, 9.17) is 17.3 Å². The first-order valence-electron chi connectivity index (χ1n) is 5.58. The van der Waals surface area contributed by atoms with Gasteiger partial charge in [0.25, 0.3) is 0 Å². The number of benzene rings is 1. The number of hydrogen-bond acceptors (Lipinski definition) is 2. The van der Waals surface area contributed by atoms with Gasteiger partial charge in [0.15, 0.2) is 0 Å². The lowest BCUT2D eigenvalue weighted by Crippen LogP contribution is -2.23. The Balaban J connectivity index is 2.00. The fraction of sp³-hybridized carbons (Fsp3) is 0.417. The first kappa shape index (κ1) is 12.9. The summed E-state index contributed by atoms with van der Waals surface area (Å²) in [4.78, 5) is 11.9. The number of nitrogens with two attached hydrogens (primary N) is 1. The van der Waals surface area contributed by atoms with Gasteiger partial charge >= 0.3 is 0 Å². The minimum absolute atomic E-state index is 0.0347. The third-order valence-electron chi connectivity index (χ3n) is 3.03. The molecule has 2 rings (SSSR count). The molecular formula is C12H14BrClN2O. The van der Waals surface area contributed by atoms with Crippen LogP contribution in [0.1, 0.15) is 19.3 Å². The highest BCUT2D eigenvalue weighted by atomic mass is 79.9. The zero-order valence-electron chi connectivity index (χ0n) is 9.25. The van der Waals surface area contributed by atoms with Crippen molar-refractivity contribution in [1.29, 1.82) is 0 Å². The smallest absolute Gasteiger partial charge is 0.227 e. The van der Waals surface area contributed by atoms with Gasteiger partial charge < -0.3 is 11.1 Å². The van der Waals surface area contributed by atoms with Gasteiger partial charge in [0.1, 0.15) is 0 Å². The first-order valence-corrected chi connectivity index (χ1v) is 6.75. The summed E-state index contributed by atoms with van der Waals surface area (Å²) in [5, 5.41) is 3.46. The summed E-state index contributed by atoms with van der Waals surface area (Å²) >= 11 is 9.27. The SMILES string of the molecule is NC1CCC(C(=O)Nc2ccc(Br)c(Cl)c2)C1. The van der Waals surface area contributed by atoms with Gasteiger partial charge in [0, 0.05) is 22.1 Å². The van der Waals surface area contributed by atoms with E-state index >= 15 is 0 Å². The van der Waals surface area contributed by atoms with Crippen LogP contribution in [-0.2, 0) is 4.79 Å². The normalized spacial score (nSPS) is 23.7. The maximum atomic E-state index is 11.9. The van der Waals surface area contributed by atoms with Crippen molar-refractivity contribution in [2.75, 3.05) is 5.32 Å². The van der Waals surface area contributed by atoms with Gasteiger partial charge in [-0.2, -0.15) is 0 Å². The van der Waals surface area contributed by atoms with E-state index < -0.39 is 0 Å². The molecule has 1 amide bonds. The van der Waals surface area contributed by atoms with Crippen molar-refractivity contribution in [1.82, 2.24) is 0 Å². The van der Waals surface area contributed by atoms with Crippen LogP contribution in [0.2, 0.25) is 5.02 Å². The molecule has 1 aromatic carbocycles. The number of carbonyl (C=O) groups excluding carboxylic acids is 1. The van der Waals surface area contributed by atoms with Crippen LogP contribution in [0.3, 0.4) is 0 Å². The van der Waals surface area contributed by atoms with Gasteiger partial charge in [-0.15, -0.1) is 0 Å². The van der Waals surface area contributed by atoms with E-state index in [1.54, 1.807) is 6.07 Å². The highest BCUT2D eigenvalue weighted by Gasteiger charge is 2.27. The van der Waals surface area contributed by atoms with E-state index in [0.29, 0.717) is 5.02 Å². The molecule has 1 aromatic rings. The Morgan fingerprint density at radius 3 is 2.82 bits per heavy atom. The molecule has 0 saturated heterocycles. The third-order valence-corrected chi connectivity index (χ3v) is 4.26. The lowest BCUT2D eigenvalue weighted by atomic mass is 10.1. The fourth-order valence-electron chi connectivity index (χ4n) is 2.07. The van der Waals surface area contributed by atoms with Crippen LogP contribution in [0.25, 0.3) is 0 Å². The molecule has 5 heteroatoms. The Kier molecular flexibility index (Phi) is 4.07. The molecule has 92 valence electrons. The van der Waals surface area contributed by atoms with Gasteiger partial charge in [-0.1, -0.05) is 11.6 Å². The molecule has 0 bridgehead atoms. The zero-order valence-corrected chi connectivity index (χ0v) is 11.6. The van der Waals surface area contributed by atoms with Gasteiger partial charge in [0.05, 0.1) is 5.02 Å². The first-order chi connectivity index (χ1) is 8.06. The predicted octanol–water partition coefficient (Wildman–Crippen LogP) is 3.17. The van der Waals surface area contributed by atoms with Crippen molar-refractivity contribution < 1.29 is 4.79 Å². The largest absolute Gasteiger partial charge is 0.328 e. The molecule has 1 saturated carbocycles. The average Bonchev–Trinajstić information content (AvgIpc) is 2.70. The lowest BCUT2D eigenvalue weighted by Gasteiger charge is -2.11. The number of hydrogen-bond donors (Lipinski definition) is 2. The molecule has 2 unspecified atom stereocenters. The minimum Gasteiger partial charge on any atom is -0.328 e. The van der Waals surface area contributed by atoms with Crippen LogP contribution in [0.5, 0.6) is 0 Å². The summed E-state index contributed by atoms with van der Waals surface area (Å²) in [5.41, 5.74) is 6.52. The highest BCUT2D eigenvalue weighted by Crippen LogP contribution is 2.28. The second kappa shape index (κ2) is 5.38. The molecule has 1 aliphatic rings. The van der Waals surface area contributed by atoms with Crippen molar-refractivity contribution >= 4 is 39.1 Å². The molecule has 0 heterocycles. The summed E-state index contributed by atoms with van der Waals surface area (Å²) in [6, 6.07) is 5.54. The molecule has 3 N–H and O–H groups in total. The molecule has 17 heavy (non-hydrogen) atoms. The highest BCUT2D eigenvalue weighted by molar-refractivity contribution is 9.10. The summed E-state index contributed by atoms with van der Waals surface area (Å²) < 4.78 is 0.819. The van der Waals surface area contributed by atoms with E-state index in [0.717, 1.165) is 29.4 Å². The average molecular weight is 318 g/mol. The molecule has 2 atom stereocenters. The molecule has 1 aliphatic carbocycles. The van der Waals surface area contributed by atoms with Gasteiger partial charge in [0.2, 0.25) is 5.91 Å². The van der Waals surface area contributed by atoms with E-state index in [1.165, 1.54) is 0 Å². The standard InChI is InChI=1S/C12H14BrClN2O/c13-10-4-3-9(6-11(10)14)16-12(17)7-1-2-8(15)5-7/h3-4,6-8H,1-2,5,15H2,(H,16,17). The number of nitrogens with one attached hydrogen (secondary N) is 1. The zero-order chi connectivity index (χ0) is 12.4. The van der Waals surface area contributed by atoms with Crippen molar-refractivity contribution in [2.45, 2.75) is 25.3 Å². The number of amides is 1. The summed E-state index contributed by atoms with van der Waals surface area (Å²) in [7, 11) is 0. The second-order valence-corrected chi connectivity index (χ2v) is 5.65. The number of rotatable bonds is 2. The summed E-state index contributed by atoms with van der Waals surface area (Å²) in [6.07, 6.45) is 2.58. The molecule has 0 aliphatic heterocycles. The van der Waals surface area contributed by atoms with E-state index in [2.05, 4.69) is 21.2 Å². The van der Waals surface area contributed by atoms with Crippen LogP contribution >= 0.6 is 27.5 Å². The van der Waals surface area contributed by atoms with Gasteiger partial charge in [-0.25, -0.2) is 0 Å². The second-order valence-electron chi connectivity index (χ2n) is 4.39. The van der Waals surface area contributed by atoms with Crippen molar-refractivity contribution in [3.05, 3.63) is 27.7 Å². The van der Waals surface area contributed by atoms with Gasteiger partial charge in [-0.3, -0.25) is 4.79 Å². The van der Waals surface area contributed by atoms with Crippen molar-refractivity contribution in [2.24, 2.45) is 11.7 Å². The van der Waals surface area contributed by atoms with Crippen LogP contribution in [-0.4, -0.2) is 11.9 Å². The van der Waals surface area contributed by atoms with Gasteiger partial charge in [-0.05, 0) is 53.4 Å². The van der Waals surface area contributed by atoms with Crippen molar-refractivity contribution in [3.8, 4) is 0 Å². The monoisotopic (exact) mass is 316 g/mol. The van der Waals surface area contributed by atoms with E-state index in [-0.39, 0.29) is 17.9 Å². The minimum atomic E-state index is 0.0347. The Morgan fingerprint density at radius 1 is 1.47 bits per heavy atom. The molecular weight excluding hydrogens is 304 g/mol. The number of anilines is 1. The quantitative estimate of drug-likeness (QED) is 0.880. The molecule has 0 spiro atoms. The molecule has 0 radical (unpaired) electrons. The summed E-state index contributed by atoms with van der Waals surface area (Å²) in [5.74, 6) is 0.0729. The predicted molar refractivity (Wildman–Crippen MR) is 73.1 cm³/mol. The molecule has 0 aromatic heterocycles. The topological polar surface area (TPSA) is 55.1 Å². The van der Waals surface area contributed by atoms with E-state index in [9.17, 15) is 4.79 Å². The Labute approximate surface area is 114 Å². The Hall–Kier alpha value is -0.580. The lowest BCUT2D eigenvalue weighted by molar-refractivity contribution is -0.119. The Morgan fingerprint density at radius 2 is 2.24 bits per heavy atom. The van der Waals surface area contributed by atoms with E-state index in [1.807, 2.05) is 12.1 Å². The Bertz CT molecular complexity index is 439. The maximum absolute atomic E-state index is 11.9. The summed E-state index contributed by atoms with van der Waals surface area (Å²) in [6.45, 7) is 0. The molecule has 1 fully saturated rings. The number of carbonyl (C=O) groups is 1.